The number of phenols is 1. The van der Waals surface area contributed by atoms with Crippen LogP contribution < -0.4 is 0 Å². The van der Waals surface area contributed by atoms with Gasteiger partial charge < -0.3 is 5.11 Å². The minimum absolute atomic E-state index is 0.385. The van der Waals surface area contributed by atoms with Crippen LogP contribution in [-0.2, 0) is 6.42 Å². The molecular formula is C21H32O. The summed E-state index contributed by atoms with van der Waals surface area (Å²) in [6.45, 7) is 2.17. The highest BCUT2D eigenvalue weighted by Crippen LogP contribution is 2.14. The van der Waals surface area contributed by atoms with Crippen molar-refractivity contribution >= 4 is 0 Å². The molecule has 0 amide bonds. The lowest BCUT2D eigenvalue weighted by Crippen LogP contribution is -1.86. The van der Waals surface area contributed by atoms with Crippen molar-refractivity contribution in [3.05, 3.63) is 54.1 Å². The molecule has 0 aliphatic rings. The van der Waals surface area contributed by atoms with Gasteiger partial charge in [0.2, 0.25) is 0 Å². The van der Waals surface area contributed by atoms with E-state index in [0.29, 0.717) is 5.75 Å². The van der Waals surface area contributed by atoms with E-state index in [4.69, 9.17) is 0 Å². The van der Waals surface area contributed by atoms with Crippen LogP contribution in [0.1, 0.15) is 70.3 Å². The zero-order valence-electron chi connectivity index (χ0n) is 14.1. The van der Waals surface area contributed by atoms with E-state index in [1.807, 2.05) is 12.1 Å². The standard InChI is InChI=1S/C21H32O/c1-2-3-4-5-6-7-8-9-10-11-12-13-14-16-20-17-15-18-21(22)19-20/h3-4,6-7,15,17-19,22H,2,5,8-14,16H2,1H3/b4-3+,7-6+. The normalized spacial score (nSPS) is 11.7. The molecule has 0 aromatic heterocycles. The number of aromatic hydroxyl groups is 1. The Bertz CT molecular complexity index is 431. The van der Waals surface area contributed by atoms with Crippen LogP contribution in [0.25, 0.3) is 0 Å². The van der Waals surface area contributed by atoms with Crippen molar-refractivity contribution in [3.63, 3.8) is 0 Å². The number of benzene rings is 1. The average Bonchev–Trinajstić information content (AvgIpc) is 2.52. The van der Waals surface area contributed by atoms with Gasteiger partial charge in [0.05, 0.1) is 0 Å². The molecule has 0 atom stereocenters. The Morgan fingerprint density at radius 3 is 2.36 bits per heavy atom. The highest BCUT2D eigenvalue weighted by atomic mass is 16.3. The van der Waals surface area contributed by atoms with Crippen molar-refractivity contribution in [1.82, 2.24) is 0 Å². The third kappa shape index (κ3) is 10.3. The predicted octanol–water partition coefficient (Wildman–Crippen LogP) is 6.58. The molecule has 1 aromatic rings. The summed E-state index contributed by atoms with van der Waals surface area (Å²) in [6.07, 6.45) is 21.5. The minimum Gasteiger partial charge on any atom is -0.508 e. The van der Waals surface area contributed by atoms with Gasteiger partial charge in [0.15, 0.2) is 0 Å². The summed E-state index contributed by atoms with van der Waals surface area (Å²) in [6, 6.07) is 7.64. The maximum absolute atomic E-state index is 9.41. The van der Waals surface area contributed by atoms with Gasteiger partial charge in [-0.25, -0.2) is 0 Å². The van der Waals surface area contributed by atoms with Gasteiger partial charge in [0.1, 0.15) is 5.75 Å². The summed E-state index contributed by atoms with van der Waals surface area (Å²) < 4.78 is 0. The van der Waals surface area contributed by atoms with Crippen LogP contribution in [0.3, 0.4) is 0 Å². The molecule has 1 N–H and O–H groups in total. The molecule has 0 heterocycles. The van der Waals surface area contributed by atoms with Gasteiger partial charge in [0.25, 0.3) is 0 Å². The highest BCUT2D eigenvalue weighted by molar-refractivity contribution is 5.27. The van der Waals surface area contributed by atoms with E-state index >= 15 is 0 Å². The van der Waals surface area contributed by atoms with Crippen LogP contribution in [0.5, 0.6) is 5.75 Å². The lowest BCUT2D eigenvalue weighted by molar-refractivity contribution is 0.474. The van der Waals surface area contributed by atoms with E-state index < -0.39 is 0 Å². The smallest absolute Gasteiger partial charge is 0.115 e. The van der Waals surface area contributed by atoms with E-state index in [0.717, 1.165) is 19.3 Å². The van der Waals surface area contributed by atoms with Crippen LogP contribution >= 0.6 is 0 Å². The minimum atomic E-state index is 0.385. The number of aryl methyl sites for hydroxylation is 1. The molecule has 1 nitrogen and oxygen atoms in total. The quantitative estimate of drug-likeness (QED) is 0.341. The van der Waals surface area contributed by atoms with Crippen LogP contribution in [0.15, 0.2) is 48.6 Å². The van der Waals surface area contributed by atoms with Crippen molar-refractivity contribution in [2.24, 2.45) is 0 Å². The number of allylic oxidation sites excluding steroid dienone is 4. The highest BCUT2D eigenvalue weighted by Gasteiger charge is 1.95. The fourth-order valence-electron chi connectivity index (χ4n) is 2.57. The van der Waals surface area contributed by atoms with E-state index in [9.17, 15) is 5.11 Å². The van der Waals surface area contributed by atoms with Crippen molar-refractivity contribution in [2.75, 3.05) is 0 Å². The Morgan fingerprint density at radius 2 is 1.59 bits per heavy atom. The van der Waals surface area contributed by atoms with Crippen LogP contribution in [-0.4, -0.2) is 5.11 Å². The number of rotatable bonds is 12. The van der Waals surface area contributed by atoms with E-state index in [1.165, 1.54) is 50.5 Å². The Labute approximate surface area is 136 Å². The molecule has 1 heteroatoms. The number of phenolic OH excluding ortho intramolecular Hbond substituents is 1. The van der Waals surface area contributed by atoms with Crippen molar-refractivity contribution in [1.29, 1.82) is 0 Å². The van der Waals surface area contributed by atoms with Crippen molar-refractivity contribution in [2.45, 2.75) is 71.1 Å². The molecule has 0 aliphatic carbocycles. The third-order valence-corrected chi connectivity index (χ3v) is 3.84. The Hall–Kier alpha value is -1.50. The summed E-state index contributed by atoms with van der Waals surface area (Å²) in [5.41, 5.74) is 1.25. The average molecular weight is 300 g/mol. The summed E-state index contributed by atoms with van der Waals surface area (Å²) in [4.78, 5) is 0. The summed E-state index contributed by atoms with van der Waals surface area (Å²) in [5.74, 6) is 0.385. The largest absolute Gasteiger partial charge is 0.508 e. The van der Waals surface area contributed by atoms with Crippen molar-refractivity contribution < 1.29 is 5.11 Å². The van der Waals surface area contributed by atoms with Crippen LogP contribution in [0.2, 0.25) is 0 Å². The van der Waals surface area contributed by atoms with Gasteiger partial charge in [-0.1, -0.05) is 69.0 Å². The Kier molecular flexibility index (Phi) is 11.1. The second-order valence-electron chi connectivity index (χ2n) is 5.92. The molecule has 0 bridgehead atoms. The molecule has 0 fully saturated rings. The number of hydrogen-bond acceptors (Lipinski definition) is 1. The maximum atomic E-state index is 9.41. The molecule has 0 saturated carbocycles. The molecule has 1 aromatic carbocycles. The van der Waals surface area contributed by atoms with Crippen molar-refractivity contribution in [3.8, 4) is 5.75 Å². The molecule has 0 radical (unpaired) electrons. The number of hydrogen-bond donors (Lipinski definition) is 1. The molecule has 0 unspecified atom stereocenters. The SMILES string of the molecule is CC/C=C/C/C=C/CCCCCCCCc1cccc(O)c1. The maximum Gasteiger partial charge on any atom is 0.115 e. The van der Waals surface area contributed by atoms with Gasteiger partial charge in [0, 0.05) is 0 Å². The molecule has 0 saturated heterocycles. The summed E-state index contributed by atoms with van der Waals surface area (Å²) in [7, 11) is 0. The van der Waals surface area contributed by atoms with Gasteiger partial charge in [-0.3, -0.25) is 0 Å². The fourth-order valence-corrected chi connectivity index (χ4v) is 2.57. The van der Waals surface area contributed by atoms with Crippen LogP contribution in [0.4, 0.5) is 0 Å². The number of unbranched alkanes of at least 4 members (excludes halogenated alkanes) is 6. The lowest BCUT2D eigenvalue weighted by atomic mass is 10.0. The van der Waals surface area contributed by atoms with E-state index in [2.05, 4.69) is 37.3 Å². The van der Waals surface area contributed by atoms with E-state index in [-0.39, 0.29) is 0 Å². The Balaban J connectivity index is 1.88. The first-order chi connectivity index (χ1) is 10.8. The van der Waals surface area contributed by atoms with Gasteiger partial charge in [-0.15, -0.1) is 0 Å². The first kappa shape index (κ1) is 18.5. The Morgan fingerprint density at radius 1 is 0.864 bits per heavy atom. The summed E-state index contributed by atoms with van der Waals surface area (Å²) in [5, 5.41) is 9.41. The molecule has 122 valence electrons. The van der Waals surface area contributed by atoms with Gasteiger partial charge in [-0.05, 0) is 56.2 Å². The monoisotopic (exact) mass is 300 g/mol. The molecule has 1 rings (SSSR count). The first-order valence-electron chi connectivity index (χ1n) is 8.91. The van der Waals surface area contributed by atoms with Gasteiger partial charge >= 0.3 is 0 Å². The van der Waals surface area contributed by atoms with E-state index in [1.54, 1.807) is 6.07 Å². The second kappa shape index (κ2) is 13.2. The first-order valence-corrected chi connectivity index (χ1v) is 8.91. The third-order valence-electron chi connectivity index (χ3n) is 3.84. The molecule has 0 aliphatic heterocycles. The zero-order valence-corrected chi connectivity index (χ0v) is 14.1. The van der Waals surface area contributed by atoms with Crippen LogP contribution in [0, 0.1) is 0 Å². The molecular weight excluding hydrogens is 268 g/mol. The molecule has 0 spiro atoms. The predicted molar refractivity (Wildman–Crippen MR) is 97.3 cm³/mol. The van der Waals surface area contributed by atoms with Gasteiger partial charge in [-0.2, -0.15) is 0 Å². The summed E-state index contributed by atoms with van der Waals surface area (Å²) >= 11 is 0. The lowest BCUT2D eigenvalue weighted by Gasteiger charge is -2.03. The fraction of sp³-hybridized carbons (Fsp3) is 0.524. The second-order valence-corrected chi connectivity index (χ2v) is 5.92. The zero-order chi connectivity index (χ0) is 15.9. The topological polar surface area (TPSA) is 20.2 Å². The molecule has 22 heavy (non-hydrogen) atoms.